The molecule has 1 aromatic heterocycles. The number of nitrogens with zero attached hydrogens (tertiary/aromatic N) is 3. The van der Waals surface area contributed by atoms with Crippen molar-refractivity contribution in [3.63, 3.8) is 0 Å². The van der Waals surface area contributed by atoms with Crippen molar-refractivity contribution in [3.05, 3.63) is 6.33 Å². The van der Waals surface area contributed by atoms with E-state index in [4.69, 9.17) is 4.74 Å². The van der Waals surface area contributed by atoms with Gasteiger partial charge in [0, 0.05) is 19.6 Å². The fourth-order valence-corrected chi connectivity index (χ4v) is 2.91. The Morgan fingerprint density at radius 2 is 2.05 bits per heavy atom. The van der Waals surface area contributed by atoms with Crippen molar-refractivity contribution in [2.45, 2.75) is 45.1 Å². The molecule has 0 atom stereocenters. The summed E-state index contributed by atoms with van der Waals surface area (Å²) in [5.74, 6) is 2.41. The summed E-state index contributed by atoms with van der Waals surface area (Å²) in [4.78, 5) is 11.0. The molecular formula is C14H24N4O. The molecule has 1 heterocycles. The van der Waals surface area contributed by atoms with E-state index in [0.29, 0.717) is 6.04 Å². The maximum absolute atomic E-state index is 5.51. The van der Waals surface area contributed by atoms with Crippen molar-refractivity contribution in [2.75, 3.05) is 30.9 Å². The highest BCUT2D eigenvalue weighted by molar-refractivity contribution is 5.64. The summed E-state index contributed by atoms with van der Waals surface area (Å²) >= 11 is 0. The predicted octanol–water partition coefficient (Wildman–Crippen LogP) is 2.69. The Balaban J connectivity index is 2.31. The van der Waals surface area contributed by atoms with E-state index < -0.39 is 0 Å². The number of rotatable bonds is 5. The molecule has 1 fully saturated rings. The van der Waals surface area contributed by atoms with Crippen molar-refractivity contribution in [1.82, 2.24) is 9.97 Å². The Labute approximate surface area is 115 Å². The molecule has 0 bridgehead atoms. The quantitative estimate of drug-likeness (QED) is 0.886. The first-order chi connectivity index (χ1) is 9.31. The van der Waals surface area contributed by atoms with Gasteiger partial charge in [0.05, 0.1) is 7.11 Å². The van der Waals surface area contributed by atoms with E-state index >= 15 is 0 Å². The van der Waals surface area contributed by atoms with Crippen LogP contribution in [0.1, 0.15) is 39.0 Å². The van der Waals surface area contributed by atoms with Crippen LogP contribution >= 0.6 is 0 Å². The summed E-state index contributed by atoms with van der Waals surface area (Å²) in [5.41, 5.74) is 0. The van der Waals surface area contributed by atoms with E-state index in [2.05, 4.69) is 27.1 Å². The average Bonchev–Trinajstić information content (AvgIpc) is 2.48. The number of methoxy groups -OCH3 is 1. The van der Waals surface area contributed by atoms with Crippen molar-refractivity contribution >= 4 is 11.6 Å². The van der Waals surface area contributed by atoms with Crippen LogP contribution in [0.3, 0.4) is 0 Å². The third-order valence-corrected chi connectivity index (χ3v) is 3.85. The first-order valence-corrected chi connectivity index (χ1v) is 7.15. The molecule has 1 N–H and O–H groups in total. The van der Waals surface area contributed by atoms with Crippen molar-refractivity contribution in [3.8, 4) is 5.75 Å². The smallest absolute Gasteiger partial charge is 0.204 e. The summed E-state index contributed by atoms with van der Waals surface area (Å²) in [6.07, 6.45) is 8.08. The molecule has 1 aliphatic carbocycles. The zero-order chi connectivity index (χ0) is 13.7. The molecule has 1 saturated carbocycles. The van der Waals surface area contributed by atoms with Crippen molar-refractivity contribution in [1.29, 1.82) is 0 Å². The summed E-state index contributed by atoms with van der Waals surface area (Å²) in [6.45, 7) is 3.12. The van der Waals surface area contributed by atoms with Gasteiger partial charge in [0.1, 0.15) is 6.33 Å². The molecule has 0 saturated heterocycles. The highest BCUT2D eigenvalue weighted by atomic mass is 16.5. The Morgan fingerprint density at radius 3 is 2.63 bits per heavy atom. The van der Waals surface area contributed by atoms with Crippen LogP contribution in [0, 0.1) is 0 Å². The highest BCUT2D eigenvalue weighted by Gasteiger charge is 2.25. The van der Waals surface area contributed by atoms with E-state index in [1.807, 2.05) is 7.05 Å². The Bertz CT molecular complexity index is 404. The molecule has 106 valence electrons. The van der Waals surface area contributed by atoms with E-state index in [1.54, 1.807) is 13.4 Å². The minimum Gasteiger partial charge on any atom is -0.490 e. The Morgan fingerprint density at radius 1 is 1.32 bits per heavy atom. The number of hydrogen-bond acceptors (Lipinski definition) is 5. The molecule has 2 rings (SSSR count). The van der Waals surface area contributed by atoms with Crippen LogP contribution < -0.4 is 15.0 Å². The monoisotopic (exact) mass is 264 g/mol. The van der Waals surface area contributed by atoms with Gasteiger partial charge < -0.3 is 15.0 Å². The molecule has 0 aromatic carbocycles. The molecule has 5 nitrogen and oxygen atoms in total. The van der Waals surface area contributed by atoms with Gasteiger partial charge in [-0.15, -0.1) is 0 Å². The Kier molecular flexibility index (Phi) is 4.82. The van der Waals surface area contributed by atoms with Crippen LogP contribution in [0.25, 0.3) is 0 Å². The largest absolute Gasteiger partial charge is 0.490 e. The second-order valence-electron chi connectivity index (χ2n) is 4.91. The van der Waals surface area contributed by atoms with Crippen LogP contribution in [-0.2, 0) is 0 Å². The summed E-state index contributed by atoms with van der Waals surface area (Å²) in [7, 11) is 3.53. The number of ether oxygens (including phenoxy) is 1. The minimum atomic E-state index is 0.576. The van der Waals surface area contributed by atoms with Gasteiger partial charge in [-0.2, -0.15) is 0 Å². The summed E-state index contributed by atoms with van der Waals surface area (Å²) in [5, 5.41) is 3.07. The van der Waals surface area contributed by atoms with Crippen LogP contribution in [0.15, 0.2) is 6.33 Å². The lowest BCUT2D eigenvalue weighted by atomic mass is 9.94. The fourth-order valence-electron chi connectivity index (χ4n) is 2.91. The lowest BCUT2D eigenvalue weighted by molar-refractivity contribution is 0.393. The second kappa shape index (κ2) is 6.59. The van der Waals surface area contributed by atoms with Gasteiger partial charge in [0.15, 0.2) is 11.6 Å². The topological polar surface area (TPSA) is 50.3 Å². The summed E-state index contributed by atoms with van der Waals surface area (Å²) < 4.78 is 5.51. The molecule has 1 aliphatic rings. The third-order valence-electron chi connectivity index (χ3n) is 3.85. The first kappa shape index (κ1) is 13.9. The van der Waals surface area contributed by atoms with Crippen LogP contribution in [-0.4, -0.2) is 36.7 Å². The zero-order valence-electron chi connectivity index (χ0n) is 12.1. The SMILES string of the molecule is CCN(c1ncnc(NC)c1OC)C1CCCCC1. The van der Waals surface area contributed by atoms with Crippen molar-refractivity contribution in [2.24, 2.45) is 0 Å². The minimum absolute atomic E-state index is 0.576. The van der Waals surface area contributed by atoms with E-state index in [1.165, 1.54) is 32.1 Å². The molecule has 0 amide bonds. The lowest BCUT2D eigenvalue weighted by Crippen LogP contribution is -2.37. The molecule has 5 heteroatoms. The average molecular weight is 264 g/mol. The predicted molar refractivity (Wildman–Crippen MR) is 78.0 cm³/mol. The lowest BCUT2D eigenvalue weighted by Gasteiger charge is -2.35. The molecule has 0 unspecified atom stereocenters. The molecule has 19 heavy (non-hydrogen) atoms. The van der Waals surface area contributed by atoms with Crippen LogP contribution in [0.4, 0.5) is 11.6 Å². The Hall–Kier alpha value is -1.52. The maximum atomic E-state index is 5.51. The van der Waals surface area contributed by atoms with E-state index in [9.17, 15) is 0 Å². The molecular weight excluding hydrogens is 240 g/mol. The van der Waals surface area contributed by atoms with Gasteiger partial charge in [0.25, 0.3) is 0 Å². The van der Waals surface area contributed by atoms with E-state index in [-0.39, 0.29) is 0 Å². The molecule has 0 spiro atoms. The van der Waals surface area contributed by atoms with Gasteiger partial charge in [-0.05, 0) is 19.8 Å². The van der Waals surface area contributed by atoms with E-state index in [0.717, 1.165) is 23.9 Å². The number of hydrogen-bond donors (Lipinski definition) is 1. The molecule has 1 aromatic rings. The standard InChI is InChI=1S/C14H24N4O/c1-4-18(11-8-6-5-7-9-11)14-12(19-3)13(15-2)16-10-17-14/h10-11H,4-9H2,1-3H3,(H,15,16,17). The summed E-state index contributed by atoms with van der Waals surface area (Å²) in [6, 6.07) is 0.576. The number of nitrogens with one attached hydrogen (secondary N) is 1. The number of anilines is 2. The maximum Gasteiger partial charge on any atom is 0.204 e. The molecule has 0 aliphatic heterocycles. The van der Waals surface area contributed by atoms with Crippen molar-refractivity contribution < 1.29 is 4.74 Å². The van der Waals surface area contributed by atoms with Gasteiger partial charge >= 0.3 is 0 Å². The zero-order valence-corrected chi connectivity index (χ0v) is 12.1. The molecule has 0 radical (unpaired) electrons. The third kappa shape index (κ3) is 2.91. The number of aromatic nitrogens is 2. The van der Waals surface area contributed by atoms with Gasteiger partial charge in [-0.1, -0.05) is 19.3 Å². The second-order valence-corrected chi connectivity index (χ2v) is 4.91. The highest BCUT2D eigenvalue weighted by Crippen LogP contribution is 2.35. The fraction of sp³-hybridized carbons (Fsp3) is 0.714. The normalized spacial score (nSPS) is 16.2. The first-order valence-electron chi connectivity index (χ1n) is 7.15. The van der Waals surface area contributed by atoms with Gasteiger partial charge in [-0.3, -0.25) is 0 Å². The van der Waals surface area contributed by atoms with Crippen LogP contribution in [0.5, 0.6) is 5.75 Å². The van der Waals surface area contributed by atoms with Gasteiger partial charge in [0.2, 0.25) is 5.75 Å². The van der Waals surface area contributed by atoms with Crippen LogP contribution in [0.2, 0.25) is 0 Å². The van der Waals surface area contributed by atoms with Gasteiger partial charge in [-0.25, -0.2) is 9.97 Å².